The number of nitrogens with one attached hydrogen (secondary N) is 1. The molecule has 0 bridgehead atoms. The highest BCUT2D eigenvalue weighted by Gasteiger charge is 2.24. The van der Waals surface area contributed by atoms with Gasteiger partial charge in [-0.25, -0.2) is 4.79 Å². The number of nitrogens with zero attached hydrogens (tertiary/aromatic N) is 2. The maximum absolute atomic E-state index is 12.1. The number of benzene rings is 1. The second kappa shape index (κ2) is 9.03. The Hall–Kier alpha value is -1.60. The lowest BCUT2D eigenvalue weighted by molar-refractivity contribution is -0.137. The number of hydrogen-bond donors (Lipinski definition) is 2. The quantitative estimate of drug-likeness (QED) is 0.723. The van der Waals surface area contributed by atoms with Crippen molar-refractivity contribution in [3.63, 3.8) is 0 Å². The summed E-state index contributed by atoms with van der Waals surface area (Å²) in [6, 6.07) is 8.56. The summed E-state index contributed by atoms with van der Waals surface area (Å²) in [5.41, 5.74) is 1.27. The molecule has 1 aliphatic heterocycles. The topological polar surface area (TPSA) is 72.9 Å². The van der Waals surface area contributed by atoms with Crippen molar-refractivity contribution >= 4 is 27.9 Å². The van der Waals surface area contributed by atoms with E-state index in [2.05, 4.69) is 45.2 Å². The number of carbonyl (C=O) groups is 2. The highest BCUT2D eigenvalue weighted by atomic mass is 79.9. The van der Waals surface area contributed by atoms with Gasteiger partial charge in [-0.2, -0.15) is 0 Å². The largest absolute Gasteiger partial charge is 0.481 e. The van der Waals surface area contributed by atoms with Crippen LogP contribution in [-0.4, -0.2) is 59.6 Å². The zero-order valence-corrected chi connectivity index (χ0v) is 15.5. The van der Waals surface area contributed by atoms with E-state index in [1.54, 1.807) is 4.90 Å². The molecular weight excluding hydrogens is 374 g/mol. The standard InChI is InChI=1S/C17H24BrN3O3/c1-13(14-4-6-15(18)7-5-14)20-9-11-21(12-10-20)17(24)19-8-2-3-16(22)23/h4-7,13H,2-3,8-12H2,1H3,(H,19,24)(H,22,23). The maximum Gasteiger partial charge on any atom is 0.317 e. The molecule has 0 spiro atoms. The maximum atomic E-state index is 12.1. The van der Waals surface area contributed by atoms with Crippen molar-refractivity contribution in [3.05, 3.63) is 34.3 Å². The Bertz CT molecular complexity index is 557. The molecule has 2 rings (SSSR count). The Balaban J connectivity index is 1.75. The fraction of sp³-hybridized carbons (Fsp3) is 0.529. The number of carboxylic acids is 1. The number of carboxylic acid groups (broad SMARTS) is 1. The fourth-order valence-corrected chi connectivity index (χ4v) is 3.08. The number of aliphatic carboxylic acids is 1. The second-order valence-corrected chi connectivity index (χ2v) is 6.90. The molecule has 1 aromatic carbocycles. The highest BCUT2D eigenvalue weighted by molar-refractivity contribution is 9.10. The summed E-state index contributed by atoms with van der Waals surface area (Å²) in [7, 11) is 0. The molecule has 0 radical (unpaired) electrons. The number of amides is 2. The van der Waals surface area contributed by atoms with Crippen molar-refractivity contribution in [2.75, 3.05) is 32.7 Å². The third-order valence-corrected chi connectivity index (χ3v) is 4.87. The fourth-order valence-electron chi connectivity index (χ4n) is 2.81. The number of hydrogen-bond acceptors (Lipinski definition) is 3. The molecule has 1 unspecified atom stereocenters. The van der Waals surface area contributed by atoms with Gasteiger partial charge in [0.25, 0.3) is 0 Å². The zero-order valence-electron chi connectivity index (χ0n) is 13.9. The molecule has 6 nitrogen and oxygen atoms in total. The molecule has 2 amide bonds. The molecule has 24 heavy (non-hydrogen) atoms. The molecule has 132 valence electrons. The van der Waals surface area contributed by atoms with Crippen LogP contribution in [-0.2, 0) is 4.79 Å². The lowest BCUT2D eigenvalue weighted by atomic mass is 10.1. The van der Waals surface area contributed by atoms with Gasteiger partial charge >= 0.3 is 12.0 Å². The van der Waals surface area contributed by atoms with E-state index in [-0.39, 0.29) is 12.5 Å². The predicted octanol–water partition coefficient (Wildman–Crippen LogP) is 2.70. The average molecular weight is 398 g/mol. The molecule has 7 heteroatoms. The van der Waals surface area contributed by atoms with Crippen LogP contribution in [0.3, 0.4) is 0 Å². The van der Waals surface area contributed by atoms with Crippen LogP contribution in [0.2, 0.25) is 0 Å². The van der Waals surface area contributed by atoms with Gasteiger partial charge in [-0.3, -0.25) is 9.69 Å². The SMILES string of the molecule is CC(c1ccc(Br)cc1)N1CCN(C(=O)NCCCC(=O)O)CC1. The van der Waals surface area contributed by atoms with Crippen LogP contribution in [0, 0.1) is 0 Å². The first-order chi connectivity index (χ1) is 11.5. The Kier molecular flexibility index (Phi) is 7.05. The molecule has 0 aromatic heterocycles. The Morgan fingerprint density at radius 2 is 1.83 bits per heavy atom. The second-order valence-electron chi connectivity index (χ2n) is 5.98. The molecule has 0 aliphatic carbocycles. The first-order valence-corrected chi connectivity index (χ1v) is 9.01. The first-order valence-electron chi connectivity index (χ1n) is 8.21. The minimum Gasteiger partial charge on any atom is -0.481 e. The summed E-state index contributed by atoms with van der Waals surface area (Å²) in [5, 5.41) is 11.4. The van der Waals surface area contributed by atoms with Gasteiger partial charge in [0.05, 0.1) is 0 Å². The molecule has 0 saturated carbocycles. The van der Waals surface area contributed by atoms with Gasteiger partial charge in [0, 0.05) is 49.7 Å². The number of rotatable bonds is 6. The van der Waals surface area contributed by atoms with Crippen LogP contribution >= 0.6 is 15.9 Å². The van der Waals surface area contributed by atoms with Gasteiger partial charge < -0.3 is 15.3 Å². The van der Waals surface area contributed by atoms with E-state index in [9.17, 15) is 9.59 Å². The van der Waals surface area contributed by atoms with Crippen molar-refractivity contribution in [1.82, 2.24) is 15.1 Å². The number of carbonyl (C=O) groups excluding carboxylic acids is 1. The van der Waals surface area contributed by atoms with E-state index in [1.165, 1.54) is 5.56 Å². The van der Waals surface area contributed by atoms with E-state index in [0.717, 1.165) is 17.6 Å². The van der Waals surface area contributed by atoms with Gasteiger partial charge in [0.15, 0.2) is 0 Å². The van der Waals surface area contributed by atoms with Crippen molar-refractivity contribution in [1.29, 1.82) is 0 Å². The van der Waals surface area contributed by atoms with Gasteiger partial charge in [-0.05, 0) is 31.0 Å². The van der Waals surface area contributed by atoms with Crippen molar-refractivity contribution < 1.29 is 14.7 Å². The summed E-state index contributed by atoms with van der Waals surface area (Å²) in [4.78, 5) is 26.7. The van der Waals surface area contributed by atoms with Gasteiger partial charge in [0.1, 0.15) is 0 Å². The number of piperazine rings is 1. The van der Waals surface area contributed by atoms with E-state index in [0.29, 0.717) is 32.1 Å². The lowest BCUT2D eigenvalue weighted by Gasteiger charge is -2.38. The van der Waals surface area contributed by atoms with E-state index >= 15 is 0 Å². The molecule has 1 aliphatic rings. The molecule has 1 aromatic rings. The zero-order chi connectivity index (χ0) is 17.5. The Morgan fingerprint density at radius 1 is 1.21 bits per heavy atom. The lowest BCUT2D eigenvalue weighted by Crippen LogP contribution is -2.52. The number of urea groups is 1. The third-order valence-electron chi connectivity index (χ3n) is 4.35. The summed E-state index contributed by atoms with van der Waals surface area (Å²) < 4.78 is 1.07. The normalized spacial score (nSPS) is 16.7. The van der Waals surface area contributed by atoms with Gasteiger partial charge in [-0.15, -0.1) is 0 Å². The molecule has 1 heterocycles. The summed E-state index contributed by atoms with van der Waals surface area (Å²) in [6.45, 7) is 5.63. The summed E-state index contributed by atoms with van der Waals surface area (Å²) in [5.74, 6) is -0.834. The van der Waals surface area contributed by atoms with E-state index in [4.69, 9.17) is 5.11 Å². The third kappa shape index (κ3) is 5.49. The van der Waals surface area contributed by atoms with Crippen LogP contribution in [0.25, 0.3) is 0 Å². The van der Waals surface area contributed by atoms with Crippen molar-refractivity contribution in [3.8, 4) is 0 Å². The summed E-state index contributed by atoms with van der Waals surface area (Å²) >= 11 is 3.45. The van der Waals surface area contributed by atoms with Crippen molar-refractivity contribution in [2.24, 2.45) is 0 Å². The van der Waals surface area contributed by atoms with Gasteiger partial charge in [0.2, 0.25) is 0 Å². The Morgan fingerprint density at radius 3 is 2.42 bits per heavy atom. The molecular formula is C17H24BrN3O3. The average Bonchev–Trinajstić information content (AvgIpc) is 2.58. The van der Waals surface area contributed by atoms with Crippen LogP contribution in [0.4, 0.5) is 4.79 Å². The molecule has 2 N–H and O–H groups in total. The smallest absolute Gasteiger partial charge is 0.317 e. The van der Waals surface area contributed by atoms with Crippen LogP contribution < -0.4 is 5.32 Å². The first kappa shape index (κ1) is 18.7. The van der Waals surface area contributed by atoms with E-state index in [1.807, 2.05) is 12.1 Å². The minimum absolute atomic E-state index is 0.0821. The highest BCUT2D eigenvalue weighted by Crippen LogP contribution is 2.23. The predicted molar refractivity (Wildman–Crippen MR) is 96.0 cm³/mol. The van der Waals surface area contributed by atoms with Gasteiger partial charge in [-0.1, -0.05) is 28.1 Å². The minimum atomic E-state index is -0.834. The van der Waals surface area contributed by atoms with Crippen LogP contribution in [0.15, 0.2) is 28.7 Å². The van der Waals surface area contributed by atoms with E-state index < -0.39 is 5.97 Å². The monoisotopic (exact) mass is 397 g/mol. The van der Waals surface area contributed by atoms with Crippen molar-refractivity contribution in [2.45, 2.75) is 25.8 Å². The Labute approximate surface area is 150 Å². The molecule has 1 saturated heterocycles. The molecule has 1 atom stereocenters. The van der Waals surface area contributed by atoms with Crippen LogP contribution in [0.1, 0.15) is 31.4 Å². The number of halogens is 1. The summed E-state index contributed by atoms with van der Waals surface area (Å²) in [6.07, 6.45) is 0.542. The molecule has 1 fully saturated rings. The van der Waals surface area contributed by atoms with Crippen LogP contribution in [0.5, 0.6) is 0 Å².